The SMILES string of the molecule is Cc1cc(C(Cl)c2c(C)oc(C)c2C)c(F)cc1F. The van der Waals surface area contributed by atoms with Gasteiger partial charge in [0.2, 0.25) is 0 Å². The van der Waals surface area contributed by atoms with Gasteiger partial charge in [-0.25, -0.2) is 8.78 Å². The lowest BCUT2D eigenvalue weighted by molar-refractivity contribution is 0.499. The predicted octanol–water partition coefficient (Wildman–Crippen LogP) is 5.12. The molecule has 1 aromatic carbocycles. The van der Waals surface area contributed by atoms with Gasteiger partial charge in [0.05, 0.1) is 5.38 Å². The van der Waals surface area contributed by atoms with E-state index >= 15 is 0 Å². The molecule has 0 aliphatic rings. The summed E-state index contributed by atoms with van der Waals surface area (Å²) >= 11 is 6.36. The fraction of sp³-hybridized carbons (Fsp3) is 0.333. The average molecular weight is 285 g/mol. The summed E-state index contributed by atoms with van der Waals surface area (Å²) in [6.45, 7) is 7.09. The van der Waals surface area contributed by atoms with E-state index in [1.807, 2.05) is 13.8 Å². The zero-order valence-corrected chi connectivity index (χ0v) is 12.0. The van der Waals surface area contributed by atoms with Crippen LogP contribution < -0.4 is 0 Å². The molecule has 0 bridgehead atoms. The maximum absolute atomic E-state index is 13.9. The van der Waals surface area contributed by atoms with Gasteiger partial charge in [0.15, 0.2) is 0 Å². The first-order valence-electron chi connectivity index (χ1n) is 5.99. The Morgan fingerprint density at radius 3 is 2.16 bits per heavy atom. The molecule has 0 fully saturated rings. The van der Waals surface area contributed by atoms with E-state index in [0.717, 1.165) is 23.0 Å². The van der Waals surface area contributed by atoms with Gasteiger partial charge in [-0.1, -0.05) is 0 Å². The summed E-state index contributed by atoms with van der Waals surface area (Å²) in [5, 5.41) is -0.684. The summed E-state index contributed by atoms with van der Waals surface area (Å²) in [5.74, 6) is 0.219. The highest BCUT2D eigenvalue weighted by Gasteiger charge is 2.24. The molecule has 0 N–H and O–H groups in total. The largest absolute Gasteiger partial charge is 0.466 e. The molecule has 2 rings (SSSR count). The van der Waals surface area contributed by atoms with Crippen molar-refractivity contribution in [3.8, 4) is 0 Å². The number of alkyl halides is 1. The first-order chi connectivity index (χ1) is 8.82. The molecule has 0 radical (unpaired) electrons. The molecule has 1 atom stereocenters. The standard InChI is InChI=1S/C15H15ClF2O/c1-7-5-11(13(18)6-12(7)17)15(16)14-8(2)9(3)19-10(14)4/h5-6,15H,1-4H3. The summed E-state index contributed by atoms with van der Waals surface area (Å²) in [6, 6.07) is 2.32. The second kappa shape index (κ2) is 4.97. The van der Waals surface area contributed by atoms with Gasteiger partial charge in [0, 0.05) is 17.2 Å². The Labute approximate surface area is 116 Å². The van der Waals surface area contributed by atoms with Gasteiger partial charge in [-0.2, -0.15) is 0 Å². The molecule has 1 nitrogen and oxygen atoms in total. The molecule has 0 saturated heterocycles. The van der Waals surface area contributed by atoms with Crippen molar-refractivity contribution >= 4 is 11.6 Å². The number of rotatable bonds is 2. The monoisotopic (exact) mass is 284 g/mol. The zero-order chi connectivity index (χ0) is 14.3. The Hall–Kier alpha value is -1.35. The lowest BCUT2D eigenvalue weighted by atomic mass is 9.99. The van der Waals surface area contributed by atoms with Crippen LogP contribution in [0.5, 0.6) is 0 Å². The van der Waals surface area contributed by atoms with Crippen LogP contribution in [-0.2, 0) is 0 Å². The molecule has 2 aromatic rings. The van der Waals surface area contributed by atoms with Gasteiger partial charge >= 0.3 is 0 Å². The molecule has 1 unspecified atom stereocenters. The van der Waals surface area contributed by atoms with Crippen LogP contribution in [-0.4, -0.2) is 0 Å². The Morgan fingerprint density at radius 2 is 1.63 bits per heavy atom. The highest BCUT2D eigenvalue weighted by atomic mass is 35.5. The zero-order valence-electron chi connectivity index (χ0n) is 11.3. The van der Waals surface area contributed by atoms with E-state index in [0.29, 0.717) is 11.3 Å². The van der Waals surface area contributed by atoms with E-state index < -0.39 is 17.0 Å². The van der Waals surface area contributed by atoms with Crippen molar-refractivity contribution in [3.05, 3.63) is 57.5 Å². The minimum atomic E-state index is -0.684. The van der Waals surface area contributed by atoms with Crippen molar-refractivity contribution in [1.82, 2.24) is 0 Å². The third kappa shape index (κ3) is 2.39. The van der Waals surface area contributed by atoms with Crippen LogP contribution in [0, 0.1) is 39.3 Å². The molecule has 0 amide bonds. The normalized spacial score (nSPS) is 12.8. The predicted molar refractivity (Wildman–Crippen MR) is 71.7 cm³/mol. The van der Waals surface area contributed by atoms with Crippen molar-refractivity contribution in [2.24, 2.45) is 0 Å². The topological polar surface area (TPSA) is 13.1 Å². The fourth-order valence-electron chi connectivity index (χ4n) is 2.21. The molecule has 0 saturated carbocycles. The smallest absolute Gasteiger partial charge is 0.131 e. The second-order valence-corrected chi connectivity index (χ2v) is 5.18. The number of halogens is 3. The minimum Gasteiger partial charge on any atom is -0.466 e. The second-order valence-electron chi connectivity index (χ2n) is 4.74. The Bertz CT molecular complexity index is 632. The Morgan fingerprint density at radius 1 is 1.00 bits per heavy atom. The van der Waals surface area contributed by atoms with Crippen molar-refractivity contribution in [1.29, 1.82) is 0 Å². The minimum absolute atomic E-state index is 0.271. The van der Waals surface area contributed by atoms with Crippen LogP contribution in [0.25, 0.3) is 0 Å². The van der Waals surface area contributed by atoms with Crippen molar-refractivity contribution in [2.45, 2.75) is 33.1 Å². The number of aryl methyl sites for hydroxylation is 3. The van der Waals surface area contributed by atoms with E-state index in [-0.39, 0.29) is 5.56 Å². The molecule has 0 spiro atoms. The first kappa shape index (κ1) is 14.1. The molecule has 1 aromatic heterocycles. The van der Waals surface area contributed by atoms with E-state index in [1.54, 1.807) is 13.8 Å². The summed E-state index contributed by atoms with van der Waals surface area (Å²) in [4.78, 5) is 0. The highest BCUT2D eigenvalue weighted by Crippen LogP contribution is 2.37. The highest BCUT2D eigenvalue weighted by molar-refractivity contribution is 6.22. The van der Waals surface area contributed by atoms with E-state index in [4.69, 9.17) is 16.0 Å². The molecule has 0 aliphatic heterocycles. The number of hydrogen-bond donors (Lipinski definition) is 0. The van der Waals surface area contributed by atoms with Gasteiger partial charge in [0.25, 0.3) is 0 Å². The lowest BCUT2D eigenvalue weighted by Gasteiger charge is -2.13. The Balaban J connectivity index is 2.56. The van der Waals surface area contributed by atoms with Crippen LogP contribution in [0.4, 0.5) is 8.78 Å². The summed E-state index contributed by atoms with van der Waals surface area (Å²) in [5.41, 5.74) is 2.30. The van der Waals surface area contributed by atoms with Crippen LogP contribution in [0.15, 0.2) is 16.5 Å². The van der Waals surface area contributed by atoms with Crippen molar-refractivity contribution < 1.29 is 13.2 Å². The van der Waals surface area contributed by atoms with Gasteiger partial charge in [-0.15, -0.1) is 11.6 Å². The molecular weight excluding hydrogens is 270 g/mol. The van der Waals surface area contributed by atoms with Crippen LogP contribution in [0.2, 0.25) is 0 Å². The maximum atomic E-state index is 13.9. The van der Waals surface area contributed by atoms with E-state index in [9.17, 15) is 8.78 Å². The van der Waals surface area contributed by atoms with Crippen molar-refractivity contribution in [3.63, 3.8) is 0 Å². The third-order valence-corrected chi connectivity index (χ3v) is 3.88. The van der Waals surface area contributed by atoms with Gasteiger partial charge in [-0.3, -0.25) is 0 Å². The van der Waals surface area contributed by atoms with E-state index in [2.05, 4.69) is 0 Å². The average Bonchev–Trinajstić information content (AvgIpc) is 2.57. The maximum Gasteiger partial charge on any atom is 0.131 e. The molecule has 0 aliphatic carbocycles. The summed E-state index contributed by atoms with van der Waals surface area (Å²) in [6.07, 6.45) is 0. The van der Waals surface area contributed by atoms with Crippen LogP contribution >= 0.6 is 11.6 Å². The van der Waals surface area contributed by atoms with Crippen LogP contribution in [0.1, 0.15) is 39.2 Å². The number of hydrogen-bond acceptors (Lipinski definition) is 1. The molecular formula is C15H15ClF2O. The molecule has 19 heavy (non-hydrogen) atoms. The van der Waals surface area contributed by atoms with Crippen molar-refractivity contribution in [2.75, 3.05) is 0 Å². The van der Waals surface area contributed by atoms with Gasteiger partial charge < -0.3 is 4.42 Å². The third-order valence-electron chi connectivity index (χ3n) is 3.42. The molecule has 4 heteroatoms. The van der Waals surface area contributed by atoms with Gasteiger partial charge in [-0.05, 0) is 44.9 Å². The summed E-state index contributed by atoms with van der Waals surface area (Å²) < 4.78 is 32.7. The number of benzene rings is 1. The van der Waals surface area contributed by atoms with Gasteiger partial charge in [0.1, 0.15) is 23.2 Å². The first-order valence-corrected chi connectivity index (χ1v) is 6.42. The molecule has 1 heterocycles. The summed E-state index contributed by atoms with van der Waals surface area (Å²) in [7, 11) is 0. The lowest BCUT2D eigenvalue weighted by Crippen LogP contribution is -2.01. The quantitative estimate of drug-likeness (QED) is 0.698. The Kier molecular flexibility index (Phi) is 3.68. The molecule has 102 valence electrons. The number of furan rings is 1. The van der Waals surface area contributed by atoms with E-state index in [1.165, 1.54) is 6.07 Å². The van der Waals surface area contributed by atoms with Crippen LogP contribution in [0.3, 0.4) is 0 Å². The fourth-order valence-corrected chi connectivity index (χ4v) is 2.70.